The van der Waals surface area contributed by atoms with E-state index in [2.05, 4.69) is 5.32 Å². The van der Waals surface area contributed by atoms with E-state index in [0.717, 1.165) is 5.69 Å². The largest absolute Gasteiger partial charge is 0.322 e. The predicted molar refractivity (Wildman–Crippen MR) is 110 cm³/mol. The molecule has 136 valence electrons. The molecule has 0 aliphatic heterocycles. The fourth-order valence-corrected chi connectivity index (χ4v) is 3.06. The number of halogens is 2. The Morgan fingerprint density at radius 1 is 0.889 bits per heavy atom. The van der Waals surface area contributed by atoms with Gasteiger partial charge in [0, 0.05) is 29.0 Å². The smallest absolute Gasteiger partial charge is 0.258 e. The predicted octanol–water partition coefficient (Wildman–Crippen LogP) is 5.52. The second kappa shape index (κ2) is 8.25. The number of carbonyl (C=O) groups excluding carboxylic acids is 2. The molecule has 0 heterocycles. The molecular weight excluding hydrogens is 383 g/mol. The van der Waals surface area contributed by atoms with E-state index >= 15 is 0 Å². The van der Waals surface area contributed by atoms with E-state index in [-0.39, 0.29) is 16.8 Å². The molecule has 0 spiro atoms. The molecule has 0 bridgehead atoms. The van der Waals surface area contributed by atoms with Crippen LogP contribution in [0.2, 0.25) is 10.0 Å². The summed E-state index contributed by atoms with van der Waals surface area (Å²) in [7, 11) is 1.70. The SMILES string of the molecule is CN(C(=O)c1cccc(NC(=O)c2ccc(Cl)cc2Cl)c1)c1ccccc1. The molecule has 2 amide bonds. The van der Waals surface area contributed by atoms with Crippen molar-refractivity contribution >= 4 is 46.4 Å². The van der Waals surface area contributed by atoms with Crippen LogP contribution in [0.15, 0.2) is 72.8 Å². The Bertz CT molecular complexity index is 990. The lowest BCUT2D eigenvalue weighted by atomic mass is 10.1. The average molecular weight is 399 g/mol. The first-order chi connectivity index (χ1) is 13.0. The molecule has 0 aliphatic carbocycles. The Hall–Kier alpha value is -2.82. The third-order valence-electron chi connectivity index (χ3n) is 3.99. The molecule has 0 saturated heterocycles. The topological polar surface area (TPSA) is 49.4 Å². The molecule has 0 aromatic heterocycles. The molecule has 0 unspecified atom stereocenters. The number of carbonyl (C=O) groups is 2. The summed E-state index contributed by atoms with van der Waals surface area (Å²) in [5.74, 6) is -0.556. The first-order valence-electron chi connectivity index (χ1n) is 8.15. The van der Waals surface area contributed by atoms with Crippen molar-refractivity contribution in [2.45, 2.75) is 0 Å². The fraction of sp³-hybridized carbons (Fsp3) is 0.0476. The molecule has 0 saturated carbocycles. The molecule has 0 radical (unpaired) electrons. The minimum atomic E-state index is -0.377. The molecule has 3 aromatic rings. The molecule has 4 nitrogen and oxygen atoms in total. The number of nitrogens with one attached hydrogen (secondary N) is 1. The highest BCUT2D eigenvalue weighted by Crippen LogP contribution is 2.23. The normalized spacial score (nSPS) is 10.3. The van der Waals surface area contributed by atoms with Gasteiger partial charge in [0.15, 0.2) is 0 Å². The van der Waals surface area contributed by atoms with Gasteiger partial charge in [0.05, 0.1) is 10.6 Å². The van der Waals surface area contributed by atoms with Crippen LogP contribution in [0.25, 0.3) is 0 Å². The van der Waals surface area contributed by atoms with Crippen LogP contribution in [-0.4, -0.2) is 18.9 Å². The molecule has 0 atom stereocenters. The number of para-hydroxylation sites is 1. The highest BCUT2D eigenvalue weighted by atomic mass is 35.5. The zero-order chi connectivity index (χ0) is 19.4. The van der Waals surface area contributed by atoms with Gasteiger partial charge < -0.3 is 10.2 Å². The Balaban J connectivity index is 1.79. The van der Waals surface area contributed by atoms with Crippen molar-refractivity contribution in [3.05, 3.63) is 94.0 Å². The lowest BCUT2D eigenvalue weighted by Crippen LogP contribution is -2.26. The van der Waals surface area contributed by atoms with Crippen LogP contribution in [-0.2, 0) is 0 Å². The number of rotatable bonds is 4. The average Bonchev–Trinajstić information content (AvgIpc) is 2.67. The highest BCUT2D eigenvalue weighted by Gasteiger charge is 2.15. The second-order valence-corrected chi connectivity index (χ2v) is 6.70. The number of hydrogen-bond donors (Lipinski definition) is 1. The molecule has 6 heteroatoms. The fourth-order valence-electron chi connectivity index (χ4n) is 2.56. The zero-order valence-corrected chi connectivity index (χ0v) is 16.0. The third kappa shape index (κ3) is 4.48. The monoisotopic (exact) mass is 398 g/mol. The van der Waals surface area contributed by atoms with E-state index in [1.165, 1.54) is 6.07 Å². The molecule has 3 aromatic carbocycles. The van der Waals surface area contributed by atoms with Gasteiger partial charge in [-0.3, -0.25) is 9.59 Å². The number of amides is 2. The molecule has 0 fully saturated rings. The van der Waals surface area contributed by atoms with Gasteiger partial charge in [0.1, 0.15) is 0 Å². The van der Waals surface area contributed by atoms with E-state index in [4.69, 9.17) is 23.2 Å². The van der Waals surface area contributed by atoms with Gasteiger partial charge in [-0.15, -0.1) is 0 Å². The minimum Gasteiger partial charge on any atom is -0.322 e. The molecule has 0 aliphatic rings. The van der Waals surface area contributed by atoms with Crippen LogP contribution in [0.3, 0.4) is 0 Å². The van der Waals surface area contributed by atoms with Crippen molar-refractivity contribution in [3.63, 3.8) is 0 Å². The Labute approximate surface area is 167 Å². The Morgan fingerprint density at radius 2 is 1.63 bits per heavy atom. The van der Waals surface area contributed by atoms with Crippen LogP contribution in [0.1, 0.15) is 20.7 Å². The second-order valence-electron chi connectivity index (χ2n) is 5.86. The van der Waals surface area contributed by atoms with Gasteiger partial charge >= 0.3 is 0 Å². The maximum absolute atomic E-state index is 12.7. The summed E-state index contributed by atoms with van der Waals surface area (Å²) < 4.78 is 0. The van der Waals surface area contributed by atoms with Crippen molar-refractivity contribution in [3.8, 4) is 0 Å². The van der Waals surface area contributed by atoms with E-state index in [0.29, 0.717) is 21.8 Å². The van der Waals surface area contributed by atoms with Gasteiger partial charge in [0.2, 0.25) is 0 Å². The highest BCUT2D eigenvalue weighted by molar-refractivity contribution is 6.37. The number of benzene rings is 3. The number of anilines is 2. The van der Waals surface area contributed by atoms with Gasteiger partial charge in [-0.1, -0.05) is 47.5 Å². The summed E-state index contributed by atoms with van der Waals surface area (Å²) >= 11 is 11.9. The third-order valence-corrected chi connectivity index (χ3v) is 4.54. The van der Waals surface area contributed by atoms with Crippen LogP contribution in [0.4, 0.5) is 11.4 Å². The van der Waals surface area contributed by atoms with Crippen LogP contribution in [0.5, 0.6) is 0 Å². The number of hydrogen-bond acceptors (Lipinski definition) is 2. The van der Waals surface area contributed by atoms with E-state index < -0.39 is 0 Å². The van der Waals surface area contributed by atoms with Crippen LogP contribution in [0, 0.1) is 0 Å². The Kier molecular flexibility index (Phi) is 5.79. The van der Waals surface area contributed by atoms with E-state index in [9.17, 15) is 9.59 Å². The van der Waals surface area contributed by atoms with Crippen molar-refractivity contribution in [2.75, 3.05) is 17.3 Å². The van der Waals surface area contributed by atoms with E-state index in [1.54, 1.807) is 48.3 Å². The molecule has 1 N–H and O–H groups in total. The maximum Gasteiger partial charge on any atom is 0.258 e. The summed E-state index contributed by atoms with van der Waals surface area (Å²) in [5.41, 5.74) is 2.05. The summed E-state index contributed by atoms with van der Waals surface area (Å²) in [6, 6.07) is 20.7. The quantitative estimate of drug-likeness (QED) is 0.628. The van der Waals surface area contributed by atoms with Crippen molar-refractivity contribution < 1.29 is 9.59 Å². The summed E-state index contributed by atoms with van der Waals surface area (Å²) in [5, 5.41) is 3.47. The first-order valence-corrected chi connectivity index (χ1v) is 8.91. The lowest BCUT2D eigenvalue weighted by molar-refractivity contribution is 0.0990. The first kappa shape index (κ1) is 19.0. The van der Waals surface area contributed by atoms with Gasteiger partial charge in [-0.05, 0) is 48.5 Å². The van der Waals surface area contributed by atoms with Crippen molar-refractivity contribution in [1.82, 2.24) is 0 Å². The lowest BCUT2D eigenvalue weighted by Gasteiger charge is -2.17. The van der Waals surface area contributed by atoms with Gasteiger partial charge in [-0.2, -0.15) is 0 Å². The van der Waals surface area contributed by atoms with Gasteiger partial charge in [-0.25, -0.2) is 0 Å². The minimum absolute atomic E-state index is 0.179. The van der Waals surface area contributed by atoms with Crippen molar-refractivity contribution in [2.24, 2.45) is 0 Å². The summed E-state index contributed by atoms with van der Waals surface area (Å²) in [4.78, 5) is 26.7. The Morgan fingerprint density at radius 3 is 2.33 bits per heavy atom. The standard InChI is InChI=1S/C21H16Cl2N2O2/c1-25(17-8-3-2-4-9-17)21(27)14-6-5-7-16(12-14)24-20(26)18-11-10-15(22)13-19(18)23/h2-13H,1H3,(H,24,26). The molecule has 3 rings (SSSR count). The van der Waals surface area contributed by atoms with Gasteiger partial charge in [0.25, 0.3) is 11.8 Å². The van der Waals surface area contributed by atoms with Crippen LogP contribution < -0.4 is 10.2 Å². The van der Waals surface area contributed by atoms with Crippen molar-refractivity contribution in [1.29, 1.82) is 0 Å². The molecule has 27 heavy (non-hydrogen) atoms. The zero-order valence-electron chi connectivity index (χ0n) is 14.4. The number of nitrogens with zero attached hydrogens (tertiary/aromatic N) is 1. The van der Waals surface area contributed by atoms with Crippen LogP contribution >= 0.6 is 23.2 Å². The summed E-state index contributed by atoms with van der Waals surface area (Å²) in [6.07, 6.45) is 0. The maximum atomic E-state index is 12.7. The molecular formula is C21H16Cl2N2O2. The summed E-state index contributed by atoms with van der Waals surface area (Å²) in [6.45, 7) is 0. The van der Waals surface area contributed by atoms with E-state index in [1.807, 2.05) is 30.3 Å².